The van der Waals surface area contributed by atoms with E-state index in [-0.39, 0.29) is 17.4 Å². The van der Waals surface area contributed by atoms with Gasteiger partial charge in [-0.05, 0) is 51.1 Å². The highest BCUT2D eigenvalue weighted by atomic mass is 16.5. The number of phenolic OH excluding ortho intramolecular Hbond substituents is 1. The number of hydrogen-bond donors (Lipinski definition) is 3. The lowest BCUT2D eigenvalue weighted by atomic mass is 10.0. The maximum Gasteiger partial charge on any atom is 0.267 e. The van der Waals surface area contributed by atoms with Crippen molar-refractivity contribution in [3.63, 3.8) is 0 Å². The number of hydrogen-bond acceptors (Lipinski definition) is 5. The zero-order valence-corrected chi connectivity index (χ0v) is 15.6. The van der Waals surface area contributed by atoms with Crippen LogP contribution in [-0.2, 0) is 4.79 Å². The first-order valence-electron chi connectivity index (χ1n) is 8.64. The summed E-state index contributed by atoms with van der Waals surface area (Å²) in [5.41, 5.74) is 2.48. The van der Waals surface area contributed by atoms with Crippen LogP contribution in [0.4, 0.5) is 5.69 Å². The Bertz CT molecular complexity index is 867. The molecule has 0 saturated carbocycles. The summed E-state index contributed by atoms with van der Waals surface area (Å²) in [4.78, 5) is 12.3. The first-order valence-corrected chi connectivity index (χ1v) is 8.64. The highest BCUT2D eigenvalue weighted by Crippen LogP contribution is 2.26. The number of rotatable bonds is 7. The normalized spacial score (nSPS) is 12.0. The number of nitrogens with one attached hydrogen (secondary N) is 2. The molecule has 6 nitrogen and oxygen atoms in total. The quantitative estimate of drug-likeness (QED) is 0.394. The molecule has 1 amide bonds. The number of nitriles is 1. The molecule has 0 saturated heterocycles. The minimum Gasteiger partial charge on any atom is -0.508 e. The molecule has 0 heterocycles. The summed E-state index contributed by atoms with van der Waals surface area (Å²) >= 11 is 0. The molecule has 0 spiro atoms. The van der Waals surface area contributed by atoms with E-state index in [1.165, 1.54) is 18.3 Å². The first-order chi connectivity index (χ1) is 12.9. The van der Waals surface area contributed by atoms with Crippen molar-refractivity contribution in [3.05, 3.63) is 65.4 Å². The van der Waals surface area contributed by atoms with Gasteiger partial charge in [0.1, 0.15) is 23.1 Å². The highest BCUT2D eigenvalue weighted by molar-refractivity contribution is 6.06. The van der Waals surface area contributed by atoms with Crippen LogP contribution in [0.2, 0.25) is 0 Å². The Balaban J connectivity index is 2.12. The molecule has 0 radical (unpaired) electrons. The molecule has 0 aliphatic heterocycles. The topological polar surface area (TPSA) is 94.4 Å². The summed E-state index contributed by atoms with van der Waals surface area (Å²) in [7, 11) is 0. The fourth-order valence-corrected chi connectivity index (χ4v) is 2.48. The van der Waals surface area contributed by atoms with Gasteiger partial charge in [-0.3, -0.25) is 4.79 Å². The van der Waals surface area contributed by atoms with Gasteiger partial charge in [0.25, 0.3) is 5.91 Å². The second-order valence-corrected chi connectivity index (χ2v) is 6.03. The number of benzene rings is 2. The van der Waals surface area contributed by atoms with Gasteiger partial charge in [-0.1, -0.05) is 17.7 Å². The van der Waals surface area contributed by atoms with Gasteiger partial charge in [-0.2, -0.15) is 5.26 Å². The molecule has 1 unspecified atom stereocenters. The number of carbonyl (C=O) groups is 1. The van der Waals surface area contributed by atoms with Crippen molar-refractivity contribution in [3.8, 4) is 17.6 Å². The summed E-state index contributed by atoms with van der Waals surface area (Å²) in [5.74, 6) is 0.337. The zero-order chi connectivity index (χ0) is 19.8. The average Bonchev–Trinajstić information content (AvgIpc) is 2.65. The molecule has 1 atom stereocenters. The van der Waals surface area contributed by atoms with Gasteiger partial charge in [0.05, 0.1) is 12.6 Å². The van der Waals surface area contributed by atoms with Gasteiger partial charge >= 0.3 is 0 Å². The van der Waals surface area contributed by atoms with Crippen molar-refractivity contribution >= 4 is 11.6 Å². The van der Waals surface area contributed by atoms with Crippen molar-refractivity contribution in [2.75, 3.05) is 11.9 Å². The van der Waals surface area contributed by atoms with E-state index in [0.29, 0.717) is 12.3 Å². The molecule has 140 valence electrons. The highest BCUT2D eigenvalue weighted by Gasteiger charge is 2.13. The molecule has 2 rings (SSSR count). The van der Waals surface area contributed by atoms with E-state index in [2.05, 4.69) is 10.6 Å². The molecule has 27 heavy (non-hydrogen) atoms. The van der Waals surface area contributed by atoms with Crippen LogP contribution in [0, 0.1) is 18.3 Å². The standard InChI is InChI=1S/C21H23N3O3/c1-4-27-20-10-5-14(2)11-19(20)15(3)23-13-16(12-22)21(26)24-17-6-8-18(25)9-7-17/h5-11,13,15,23,25H,4H2,1-3H3,(H,24,26)/b16-13-. The molecule has 2 aromatic rings. The summed E-state index contributed by atoms with van der Waals surface area (Å²) < 4.78 is 5.66. The molecule has 0 aromatic heterocycles. The molecule has 0 bridgehead atoms. The number of nitrogens with zero attached hydrogens (tertiary/aromatic N) is 1. The number of aromatic hydroxyl groups is 1. The Morgan fingerprint density at radius 2 is 2.00 bits per heavy atom. The lowest BCUT2D eigenvalue weighted by molar-refractivity contribution is -0.112. The van der Waals surface area contributed by atoms with Crippen LogP contribution in [-0.4, -0.2) is 17.6 Å². The minimum atomic E-state index is -0.530. The van der Waals surface area contributed by atoms with Crippen molar-refractivity contribution in [2.45, 2.75) is 26.8 Å². The first kappa shape index (κ1) is 19.9. The maximum absolute atomic E-state index is 12.3. The van der Waals surface area contributed by atoms with Crippen LogP contribution in [0.1, 0.15) is 31.0 Å². The van der Waals surface area contributed by atoms with Crippen LogP contribution in [0.25, 0.3) is 0 Å². The van der Waals surface area contributed by atoms with Gasteiger partial charge in [0.15, 0.2) is 0 Å². The smallest absolute Gasteiger partial charge is 0.267 e. The monoisotopic (exact) mass is 365 g/mol. The average molecular weight is 365 g/mol. The Hall–Kier alpha value is -3.46. The largest absolute Gasteiger partial charge is 0.508 e. The third-order valence-corrected chi connectivity index (χ3v) is 3.90. The summed E-state index contributed by atoms with van der Waals surface area (Å²) in [6.45, 7) is 6.40. The fourth-order valence-electron chi connectivity index (χ4n) is 2.48. The van der Waals surface area contributed by atoms with Gasteiger partial charge in [-0.15, -0.1) is 0 Å². The number of ether oxygens (including phenoxy) is 1. The van der Waals surface area contributed by atoms with E-state index >= 15 is 0 Å². The molecule has 0 aliphatic carbocycles. The maximum atomic E-state index is 12.3. The van der Waals surface area contributed by atoms with E-state index in [1.807, 2.05) is 45.0 Å². The Morgan fingerprint density at radius 3 is 2.63 bits per heavy atom. The fraction of sp³-hybridized carbons (Fsp3) is 0.238. The summed E-state index contributed by atoms with van der Waals surface area (Å²) in [5, 5.41) is 24.3. The van der Waals surface area contributed by atoms with Gasteiger partial charge in [-0.25, -0.2) is 0 Å². The second kappa shape index (κ2) is 9.30. The molecule has 2 aromatic carbocycles. The number of phenols is 1. The van der Waals surface area contributed by atoms with Crippen molar-refractivity contribution in [2.24, 2.45) is 0 Å². The molecule has 0 aliphatic rings. The van der Waals surface area contributed by atoms with E-state index in [9.17, 15) is 15.2 Å². The molecule has 3 N–H and O–H groups in total. The van der Waals surface area contributed by atoms with Gasteiger partial charge in [0.2, 0.25) is 0 Å². The van der Waals surface area contributed by atoms with Crippen LogP contribution in [0.3, 0.4) is 0 Å². The van der Waals surface area contributed by atoms with Crippen molar-refractivity contribution in [1.29, 1.82) is 5.26 Å². The minimum absolute atomic E-state index is 0.0551. The lowest BCUT2D eigenvalue weighted by Crippen LogP contribution is -2.19. The number of anilines is 1. The predicted molar refractivity (Wildman–Crippen MR) is 104 cm³/mol. The number of carbonyl (C=O) groups excluding carboxylic acids is 1. The van der Waals surface area contributed by atoms with Gasteiger partial charge < -0.3 is 20.5 Å². The van der Waals surface area contributed by atoms with E-state index in [0.717, 1.165) is 16.9 Å². The van der Waals surface area contributed by atoms with Gasteiger partial charge in [0, 0.05) is 17.5 Å². The Labute approximate surface area is 159 Å². The SMILES string of the molecule is CCOc1ccc(C)cc1C(C)N/C=C(/C#N)C(=O)Nc1ccc(O)cc1. The number of amides is 1. The summed E-state index contributed by atoms with van der Waals surface area (Å²) in [6.07, 6.45) is 1.40. The van der Waals surface area contributed by atoms with Crippen LogP contribution < -0.4 is 15.4 Å². The van der Waals surface area contributed by atoms with Crippen LogP contribution in [0.15, 0.2) is 54.2 Å². The van der Waals surface area contributed by atoms with E-state index in [1.54, 1.807) is 12.1 Å². The zero-order valence-electron chi connectivity index (χ0n) is 15.6. The third kappa shape index (κ3) is 5.51. The Morgan fingerprint density at radius 1 is 1.30 bits per heavy atom. The van der Waals surface area contributed by atoms with Crippen molar-refractivity contribution < 1.29 is 14.6 Å². The predicted octanol–water partition coefficient (Wildman–Crippen LogP) is 3.80. The van der Waals surface area contributed by atoms with E-state index < -0.39 is 5.91 Å². The van der Waals surface area contributed by atoms with Crippen molar-refractivity contribution in [1.82, 2.24) is 5.32 Å². The number of aryl methyl sites for hydroxylation is 1. The van der Waals surface area contributed by atoms with E-state index in [4.69, 9.17) is 4.74 Å². The third-order valence-electron chi connectivity index (χ3n) is 3.90. The Kier molecular flexibility index (Phi) is 6.84. The second-order valence-electron chi connectivity index (χ2n) is 6.03. The van der Waals surface area contributed by atoms with Crippen LogP contribution >= 0.6 is 0 Å². The lowest BCUT2D eigenvalue weighted by Gasteiger charge is -2.18. The molecular formula is C21H23N3O3. The molecule has 6 heteroatoms. The molecule has 0 fully saturated rings. The summed E-state index contributed by atoms with van der Waals surface area (Å²) in [6, 6.07) is 13.7. The van der Waals surface area contributed by atoms with Crippen LogP contribution in [0.5, 0.6) is 11.5 Å². The molecular weight excluding hydrogens is 342 g/mol.